The van der Waals surface area contributed by atoms with Gasteiger partial charge in [-0.15, -0.1) is 0 Å². The number of nitrogens with zero attached hydrogens (tertiary/aromatic N) is 2. The van der Waals surface area contributed by atoms with Gasteiger partial charge in [0.2, 0.25) is 0 Å². The molecule has 0 unspecified atom stereocenters. The van der Waals surface area contributed by atoms with Gasteiger partial charge in [0.05, 0.1) is 16.8 Å². The Labute approximate surface area is 135 Å². The molecule has 0 bridgehead atoms. The molecule has 0 aromatic carbocycles. The summed E-state index contributed by atoms with van der Waals surface area (Å²) < 4.78 is 0. The highest BCUT2D eigenvalue weighted by molar-refractivity contribution is 5.99. The number of fused-ring (bicyclic) bond motifs is 1. The van der Waals surface area contributed by atoms with Gasteiger partial charge in [0, 0.05) is 17.7 Å². The van der Waals surface area contributed by atoms with Gasteiger partial charge >= 0.3 is 0 Å². The lowest BCUT2D eigenvalue weighted by Crippen LogP contribution is -2.33. The summed E-state index contributed by atoms with van der Waals surface area (Å²) in [6.45, 7) is 3.92. The molecule has 1 fully saturated rings. The van der Waals surface area contributed by atoms with Gasteiger partial charge < -0.3 is 10.6 Å². The zero-order valence-electron chi connectivity index (χ0n) is 13.4. The van der Waals surface area contributed by atoms with E-state index in [-0.39, 0.29) is 5.91 Å². The van der Waals surface area contributed by atoms with Gasteiger partial charge in [-0.1, -0.05) is 12.8 Å². The first-order valence-corrected chi connectivity index (χ1v) is 8.19. The first-order chi connectivity index (χ1) is 11.0. The van der Waals surface area contributed by atoms with Crippen LogP contribution in [-0.2, 0) is 5.54 Å². The largest absolute Gasteiger partial charge is 0.341 e. The molecule has 3 heterocycles. The van der Waals surface area contributed by atoms with Gasteiger partial charge in [0.15, 0.2) is 5.82 Å². The summed E-state index contributed by atoms with van der Waals surface area (Å²) in [6.07, 6.45) is 5.07. The van der Waals surface area contributed by atoms with E-state index in [9.17, 15) is 4.79 Å². The lowest BCUT2D eigenvalue weighted by atomic mass is 10.0. The third-order valence-corrected chi connectivity index (χ3v) is 4.81. The third kappa shape index (κ3) is 2.48. The Kier molecular flexibility index (Phi) is 3.14. The molecule has 0 spiro atoms. The molecule has 2 aliphatic rings. The molecular weight excluding hydrogens is 290 g/mol. The lowest BCUT2D eigenvalue weighted by molar-refractivity contribution is 0.0940. The molecule has 2 aromatic rings. The molecule has 0 radical (unpaired) electrons. The Bertz CT molecular complexity index is 758. The van der Waals surface area contributed by atoms with Gasteiger partial charge in [-0.2, -0.15) is 5.10 Å². The first-order valence-electron chi connectivity index (χ1n) is 8.19. The summed E-state index contributed by atoms with van der Waals surface area (Å²) in [4.78, 5) is 16.5. The summed E-state index contributed by atoms with van der Waals surface area (Å²) in [5, 5.41) is 13.7. The number of anilines is 2. The van der Waals surface area contributed by atoms with Crippen molar-refractivity contribution in [1.29, 1.82) is 0 Å². The number of amides is 1. The topological polar surface area (TPSA) is 82.7 Å². The summed E-state index contributed by atoms with van der Waals surface area (Å²) in [5.41, 5.74) is 2.18. The van der Waals surface area contributed by atoms with E-state index >= 15 is 0 Å². The Morgan fingerprint density at radius 2 is 2.00 bits per heavy atom. The van der Waals surface area contributed by atoms with E-state index in [4.69, 9.17) is 0 Å². The fourth-order valence-corrected chi connectivity index (χ4v) is 3.58. The molecule has 0 atom stereocenters. The lowest BCUT2D eigenvalue weighted by Gasteiger charge is -2.18. The first kappa shape index (κ1) is 14.2. The van der Waals surface area contributed by atoms with Crippen molar-refractivity contribution in [2.75, 3.05) is 5.32 Å². The molecule has 2 aromatic heterocycles. The Balaban J connectivity index is 1.57. The predicted molar refractivity (Wildman–Crippen MR) is 87.8 cm³/mol. The second-order valence-corrected chi connectivity index (χ2v) is 6.99. The molecule has 1 amide bonds. The van der Waals surface area contributed by atoms with Crippen molar-refractivity contribution in [1.82, 2.24) is 20.5 Å². The molecule has 1 aliphatic carbocycles. The van der Waals surface area contributed by atoms with Gasteiger partial charge in [-0.25, -0.2) is 4.98 Å². The summed E-state index contributed by atoms with van der Waals surface area (Å²) in [5.74, 6) is 2.02. The normalized spacial score (nSPS) is 19.7. The summed E-state index contributed by atoms with van der Waals surface area (Å²) in [6, 6.07) is 5.71. The number of hydrogen-bond donors (Lipinski definition) is 3. The van der Waals surface area contributed by atoms with Crippen LogP contribution >= 0.6 is 0 Å². The predicted octanol–water partition coefficient (Wildman–Crippen LogP) is 3.18. The SMILES string of the molecule is CC1(C)NC(=O)c2ccc(Nc3cc(C4CCCC4)[nH]n3)nc21. The molecule has 6 nitrogen and oxygen atoms in total. The number of aromatic nitrogens is 3. The Morgan fingerprint density at radius 3 is 2.78 bits per heavy atom. The summed E-state index contributed by atoms with van der Waals surface area (Å²) >= 11 is 0. The van der Waals surface area contributed by atoms with Crippen LogP contribution in [0.4, 0.5) is 11.6 Å². The molecular formula is C17H21N5O. The second kappa shape index (κ2) is 5.08. The van der Waals surface area contributed by atoms with Crippen molar-refractivity contribution in [3.8, 4) is 0 Å². The molecule has 0 saturated heterocycles. The van der Waals surface area contributed by atoms with Crippen LogP contribution in [0.3, 0.4) is 0 Å². The number of nitrogens with one attached hydrogen (secondary N) is 3. The van der Waals surface area contributed by atoms with Crippen LogP contribution in [0.5, 0.6) is 0 Å². The maximum absolute atomic E-state index is 11.9. The highest BCUT2D eigenvalue weighted by Crippen LogP contribution is 2.34. The fraction of sp³-hybridized carbons (Fsp3) is 0.471. The summed E-state index contributed by atoms with van der Waals surface area (Å²) in [7, 11) is 0. The van der Waals surface area contributed by atoms with Crippen molar-refractivity contribution in [3.63, 3.8) is 0 Å². The number of H-pyrrole nitrogens is 1. The molecule has 4 rings (SSSR count). The van der Waals surface area contributed by atoms with Gasteiger partial charge in [0.1, 0.15) is 5.82 Å². The highest BCUT2D eigenvalue weighted by Gasteiger charge is 2.36. The van der Waals surface area contributed by atoms with E-state index in [2.05, 4.69) is 31.9 Å². The number of pyridine rings is 1. The maximum atomic E-state index is 11.9. The molecule has 23 heavy (non-hydrogen) atoms. The zero-order valence-corrected chi connectivity index (χ0v) is 13.4. The zero-order chi connectivity index (χ0) is 16.0. The Hall–Kier alpha value is -2.37. The van der Waals surface area contributed by atoms with Crippen molar-refractivity contribution in [2.24, 2.45) is 0 Å². The Morgan fingerprint density at radius 1 is 1.22 bits per heavy atom. The minimum atomic E-state index is -0.440. The smallest absolute Gasteiger partial charge is 0.253 e. The second-order valence-electron chi connectivity index (χ2n) is 6.99. The minimum absolute atomic E-state index is 0.0626. The van der Waals surface area contributed by atoms with Crippen LogP contribution in [0.2, 0.25) is 0 Å². The number of carbonyl (C=O) groups excluding carboxylic acids is 1. The van der Waals surface area contributed by atoms with E-state index in [1.807, 2.05) is 26.0 Å². The fourth-order valence-electron chi connectivity index (χ4n) is 3.58. The van der Waals surface area contributed by atoms with Crippen molar-refractivity contribution < 1.29 is 4.79 Å². The standard InChI is InChI=1S/C17H21N5O/c1-17(2)15-11(16(23)20-17)7-8-13(19-15)18-14-9-12(21-22-14)10-5-3-4-6-10/h7-10H,3-6H2,1-2H3,(H,20,23)(H2,18,19,21,22). The van der Waals surface area contributed by atoms with Crippen LogP contribution < -0.4 is 10.6 Å². The van der Waals surface area contributed by atoms with Crippen molar-refractivity contribution in [3.05, 3.63) is 35.2 Å². The van der Waals surface area contributed by atoms with Crippen LogP contribution in [0.1, 0.15) is 67.2 Å². The number of rotatable bonds is 3. The van der Waals surface area contributed by atoms with E-state index in [1.54, 1.807) is 0 Å². The molecule has 3 N–H and O–H groups in total. The van der Waals surface area contributed by atoms with Gasteiger partial charge in [0.25, 0.3) is 5.91 Å². The van der Waals surface area contributed by atoms with Crippen molar-refractivity contribution >= 4 is 17.5 Å². The number of aromatic amines is 1. The van der Waals surface area contributed by atoms with Gasteiger partial charge in [-0.3, -0.25) is 9.89 Å². The van der Waals surface area contributed by atoms with E-state index in [1.165, 1.54) is 31.4 Å². The number of hydrogen-bond acceptors (Lipinski definition) is 4. The third-order valence-electron chi connectivity index (χ3n) is 4.81. The molecule has 1 saturated carbocycles. The number of carbonyl (C=O) groups is 1. The van der Waals surface area contributed by atoms with E-state index in [0.29, 0.717) is 17.3 Å². The average molecular weight is 311 g/mol. The molecule has 1 aliphatic heterocycles. The van der Waals surface area contributed by atoms with Crippen LogP contribution in [-0.4, -0.2) is 21.1 Å². The highest BCUT2D eigenvalue weighted by atomic mass is 16.2. The van der Waals surface area contributed by atoms with E-state index in [0.717, 1.165) is 11.5 Å². The average Bonchev–Trinajstić information content (AvgIpc) is 3.20. The van der Waals surface area contributed by atoms with Crippen LogP contribution in [0, 0.1) is 0 Å². The van der Waals surface area contributed by atoms with Crippen LogP contribution in [0.25, 0.3) is 0 Å². The van der Waals surface area contributed by atoms with Gasteiger partial charge in [-0.05, 0) is 38.8 Å². The quantitative estimate of drug-likeness (QED) is 0.813. The van der Waals surface area contributed by atoms with E-state index < -0.39 is 5.54 Å². The van der Waals surface area contributed by atoms with Crippen molar-refractivity contribution in [2.45, 2.75) is 51.0 Å². The van der Waals surface area contributed by atoms with Crippen LogP contribution in [0.15, 0.2) is 18.2 Å². The monoisotopic (exact) mass is 311 g/mol. The maximum Gasteiger partial charge on any atom is 0.253 e. The molecule has 120 valence electrons. The minimum Gasteiger partial charge on any atom is -0.341 e. The molecule has 6 heteroatoms.